The molecule has 1 rings (SSSR count). The maximum Gasteiger partial charge on any atom is 0.132 e. The van der Waals surface area contributed by atoms with Crippen molar-refractivity contribution in [2.75, 3.05) is 20.5 Å². The van der Waals surface area contributed by atoms with Crippen LogP contribution in [0.3, 0.4) is 0 Å². The molecule has 3 nitrogen and oxygen atoms in total. The second kappa shape index (κ2) is 6.01. The highest BCUT2D eigenvalue weighted by Crippen LogP contribution is 2.34. The molecule has 0 radical (unpaired) electrons. The molecule has 1 atom stereocenters. The number of thioether (sulfide) groups is 1. The monoisotopic (exact) mass is 241 g/mol. The zero-order valence-corrected chi connectivity index (χ0v) is 11.1. The van der Waals surface area contributed by atoms with Crippen molar-refractivity contribution >= 4 is 11.8 Å². The van der Waals surface area contributed by atoms with Crippen LogP contribution in [0.1, 0.15) is 12.5 Å². The normalized spacial score (nSPS) is 12.3. The van der Waals surface area contributed by atoms with Crippen LogP contribution in [0.25, 0.3) is 0 Å². The lowest BCUT2D eigenvalue weighted by molar-refractivity contribution is 0.389. The van der Waals surface area contributed by atoms with Gasteiger partial charge in [0.2, 0.25) is 0 Å². The van der Waals surface area contributed by atoms with Gasteiger partial charge in [-0.25, -0.2) is 0 Å². The van der Waals surface area contributed by atoms with E-state index >= 15 is 0 Å². The fraction of sp³-hybridized carbons (Fsp3) is 0.500. The fourth-order valence-electron chi connectivity index (χ4n) is 1.60. The van der Waals surface area contributed by atoms with Crippen LogP contribution in [0.5, 0.6) is 11.5 Å². The van der Waals surface area contributed by atoms with Gasteiger partial charge in [0.05, 0.1) is 19.1 Å². The minimum atomic E-state index is 0.110. The second-order valence-electron chi connectivity index (χ2n) is 3.70. The first-order chi connectivity index (χ1) is 7.62. The van der Waals surface area contributed by atoms with Gasteiger partial charge in [-0.2, -0.15) is 0 Å². The molecule has 1 aromatic rings. The average molecular weight is 241 g/mol. The fourth-order valence-corrected chi connectivity index (χ4v) is 2.17. The summed E-state index contributed by atoms with van der Waals surface area (Å²) in [4.78, 5) is 1.08. The van der Waals surface area contributed by atoms with Gasteiger partial charge < -0.3 is 15.2 Å². The van der Waals surface area contributed by atoms with Crippen molar-refractivity contribution in [3.63, 3.8) is 0 Å². The molecular weight excluding hydrogens is 222 g/mol. The van der Waals surface area contributed by atoms with Gasteiger partial charge in [-0.15, -0.1) is 11.8 Å². The summed E-state index contributed by atoms with van der Waals surface area (Å²) >= 11 is 1.64. The third-order valence-corrected chi connectivity index (χ3v) is 3.09. The Kier molecular flexibility index (Phi) is 4.96. The van der Waals surface area contributed by atoms with Gasteiger partial charge in [-0.05, 0) is 37.3 Å². The van der Waals surface area contributed by atoms with E-state index in [1.54, 1.807) is 26.0 Å². The smallest absolute Gasteiger partial charge is 0.132 e. The maximum absolute atomic E-state index is 5.81. The molecule has 1 aromatic carbocycles. The van der Waals surface area contributed by atoms with Gasteiger partial charge >= 0.3 is 0 Å². The van der Waals surface area contributed by atoms with Gasteiger partial charge in [0.25, 0.3) is 0 Å². The van der Waals surface area contributed by atoms with Crippen LogP contribution in [0.4, 0.5) is 0 Å². The Morgan fingerprint density at radius 2 is 1.88 bits per heavy atom. The van der Waals surface area contributed by atoms with Crippen LogP contribution in [-0.2, 0) is 6.42 Å². The first kappa shape index (κ1) is 13.2. The number of benzene rings is 1. The highest BCUT2D eigenvalue weighted by molar-refractivity contribution is 7.98. The lowest BCUT2D eigenvalue weighted by Gasteiger charge is -2.15. The Labute approximate surface area is 101 Å². The van der Waals surface area contributed by atoms with E-state index in [9.17, 15) is 0 Å². The molecule has 0 saturated carbocycles. The number of hydrogen-bond donors (Lipinski definition) is 1. The van der Waals surface area contributed by atoms with Crippen LogP contribution in [-0.4, -0.2) is 26.5 Å². The average Bonchev–Trinajstić information content (AvgIpc) is 2.27. The topological polar surface area (TPSA) is 44.5 Å². The molecule has 0 aliphatic heterocycles. The van der Waals surface area contributed by atoms with Crippen molar-refractivity contribution in [2.24, 2.45) is 5.73 Å². The van der Waals surface area contributed by atoms with E-state index in [0.29, 0.717) is 0 Å². The third-order valence-electron chi connectivity index (χ3n) is 2.33. The lowest BCUT2D eigenvalue weighted by Crippen LogP contribution is -2.18. The van der Waals surface area contributed by atoms with E-state index < -0.39 is 0 Å². The largest absolute Gasteiger partial charge is 0.496 e. The lowest BCUT2D eigenvalue weighted by atomic mass is 10.1. The molecule has 90 valence electrons. The molecule has 0 heterocycles. The summed E-state index contributed by atoms with van der Waals surface area (Å²) in [5, 5.41) is 0. The van der Waals surface area contributed by atoms with Crippen molar-refractivity contribution in [3.8, 4) is 11.5 Å². The zero-order chi connectivity index (χ0) is 12.1. The van der Waals surface area contributed by atoms with Crippen LogP contribution < -0.4 is 15.2 Å². The molecule has 2 N–H and O–H groups in total. The Morgan fingerprint density at radius 1 is 1.25 bits per heavy atom. The van der Waals surface area contributed by atoms with Gasteiger partial charge in [-0.1, -0.05) is 0 Å². The van der Waals surface area contributed by atoms with Crippen molar-refractivity contribution in [3.05, 3.63) is 17.7 Å². The van der Waals surface area contributed by atoms with Crippen molar-refractivity contribution in [1.82, 2.24) is 0 Å². The molecule has 0 amide bonds. The predicted octanol–water partition coefficient (Wildman–Crippen LogP) is 2.32. The molecular formula is C12H19NO2S. The SMILES string of the molecule is COc1cc(SC)c(OC)cc1CC(C)N. The Hall–Kier alpha value is -0.870. The molecule has 0 bridgehead atoms. The van der Waals surface area contributed by atoms with Gasteiger partial charge in [0.15, 0.2) is 0 Å². The molecule has 0 aliphatic rings. The van der Waals surface area contributed by atoms with Crippen molar-refractivity contribution in [1.29, 1.82) is 0 Å². The molecule has 0 aromatic heterocycles. The molecule has 1 unspecified atom stereocenters. The van der Waals surface area contributed by atoms with Crippen molar-refractivity contribution in [2.45, 2.75) is 24.3 Å². The minimum absolute atomic E-state index is 0.110. The molecule has 0 aliphatic carbocycles. The van der Waals surface area contributed by atoms with Crippen LogP contribution >= 0.6 is 11.8 Å². The summed E-state index contributed by atoms with van der Waals surface area (Å²) in [6, 6.07) is 4.12. The summed E-state index contributed by atoms with van der Waals surface area (Å²) < 4.78 is 10.7. The second-order valence-corrected chi connectivity index (χ2v) is 4.55. The van der Waals surface area contributed by atoms with E-state index in [1.807, 2.05) is 25.3 Å². The summed E-state index contributed by atoms with van der Waals surface area (Å²) in [7, 11) is 3.35. The summed E-state index contributed by atoms with van der Waals surface area (Å²) in [5.41, 5.74) is 6.90. The number of nitrogens with two attached hydrogens (primary N) is 1. The quantitative estimate of drug-likeness (QED) is 0.804. The summed E-state index contributed by atoms with van der Waals surface area (Å²) in [6.07, 6.45) is 2.80. The molecule has 0 spiro atoms. The number of ether oxygens (including phenoxy) is 2. The van der Waals surface area contributed by atoms with E-state index in [0.717, 1.165) is 28.4 Å². The van der Waals surface area contributed by atoms with Crippen LogP contribution in [0.2, 0.25) is 0 Å². The molecule has 0 fully saturated rings. The molecule has 4 heteroatoms. The predicted molar refractivity (Wildman–Crippen MR) is 68.7 cm³/mol. The van der Waals surface area contributed by atoms with Crippen LogP contribution in [0, 0.1) is 0 Å². The Bertz CT molecular complexity index is 353. The highest BCUT2D eigenvalue weighted by Gasteiger charge is 2.11. The summed E-state index contributed by atoms with van der Waals surface area (Å²) in [6.45, 7) is 1.98. The van der Waals surface area contributed by atoms with E-state index in [-0.39, 0.29) is 6.04 Å². The standard InChI is InChI=1S/C12H19NO2S/c1-8(13)5-9-6-11(15-3)12(16-4)7-10(9)14-2/h6-8H,5,13H2,1-4H3. The van der Waals surface area contributed by atoms with E-state index in [1.165, 1.54) is 0 Å². The van der Waals surface area contributed by atoms with Crippen LogP contribution in [0.15, 0.2) is 17.0 Å². The zero-order valence-electron chi connectivity index (χ0n) is 10.2. The summed E-state index contributed by atoms with van der Waals surface area (Å²) in [5.74, 6) is 1.76. The highest BCUT2D eigenvalue weighted by atomic mass is 32.2. The van der Waals surface area contributed by atoms with Gasteiger partial charge in [-0.3, -0.25) is 0 Å². The first-order valence-electron chi connectivity index (χ1n) is 5.16. The molecule has 0 saturated heterocycles. The number of hydrogen-bond acceptors (Lipinski definition) is 4. The number of methoxy groups -OCH3 is 2. The minimum Gasteiger partial charge on any atom is -0.496 e. The number of rotatable bonds is 5. The molecule has 16 heavy (non-hydrogen) atoms. The Morgan fingerprint density at radius 3 is 2.31 bits per heavy atom. The van der Waals surface area contributed by atoms with E-state index in [2.05, 4.69) is 0 Å². The third kappa shape index (κ3) is 3.06. The van der Waals surface area contributed by atoms with Gasteiger partial charge in [0.1, 0.15) is 11.5 Å². The Balaban J connectivity index is 3.15. The van der Waals surface area contributed by atoms with Gasteiger partial charge in [0, 0.05) is 6.04 Å². The van der Waals surface area contributed by atoms with E-state index in [4.69, 9.17) is 15.2 Å². The maximum atomic E-state index is 5.81. The van der Waals surface area contributed by atoms with Crippen molar-refractivity contribution < 1.29 is 9.47 Å². The first-order valence-corrected chi connectivity index (χ1v) is 6.39.